The van der Waals surface area contributed by atoms with Gasteiger partial charge in [0.05, 0.1) is 25.4 Å². The van der Waals surface area contributed by atoms with E-state index in [0.29, 0.717) is 0 Å². The second-order valence-corrected chi connectivity index (χ2v) is 5.53. The summed E-state index contributed by atoms with van der Waals surface area (Å²) in [7, 11) is 0. The van der Waals surface area contributed by atoms with Crippen LogP contribution < -0.4 is 5.32 Å². The summed E-state index contributed by atoms with van der Waals surface area (Å²) >= 11 is 1.34. The number of thioether (sulfide) groups is 1. The van der Waals surface area contributed by atoms with Crippen molar-refractivity contribution in [1.82, 2.24) is 5.32 Å². The third-order valence-corrected chi connectivity index (χ3v) is 3.71. The van der Waals surface area contributed by atoms with E-state index in [1.807, 2.05) is 30.3 Å². The molecule has 23 heavy (non-hydrogen) atoms. The summed E-state index contributed by atoms with van der Waals surface area (Å²) in [5, 5.41) is 2.53. The SMILES string of the molecule is CCOC(=O)CC(NC(=O)CSc1ccccc1)C(=O)OCC. The Morgan fingerprint density at radius 2 is 1.74 bits per heavy atom. The number of carbonyl (C=O) groups is 3. The van der Waals surface area contributed by atoms with Crippen LogP contribution in [0.1, 0.15) is 20.3 Å². The smallest absolute Gasteiger partial charge is 0.329 e. The Balaban J connectivity index is 2.55. The van der Waals surface area contributed by atoms with Crippen molar-refractivity contribution < 1.29 is 23.9 Å². The van der Waals surface area contributed by atoms with Crippen LogP contribution in [-0.2, 0) is 23.9 Å². The van der Waals surface area contributed by atoms with Gasteiger partial charge >= 0.3 is 11.9 Å². The first-order valence-electron chi connectivity index (χ1n) is 7.36. The Morgan fingerprint density at radius 1 is 1.09 bits per heavy atom. The maximum absolute atomic E-state index is 12.0. The third kappa shape index (κ3) is 7.69. The topological polar surface area (TPSA) is 81.7 Å². The maximum Gasteiger partial charge on any atom is 0.329 e. The molecule has 0 radical (unpaired) electrons. The average molecular weight is 339 g/mol. The molecule has 0 spiro atoms. The van der Waals surface area contributed by atoms with E-state index >= 15 is 0 Å². The zero-order chi connectivity index (χ0) is 17.1. The zero-order valence-electron chi connectivity index (χ0n) is 13.2. The van der Waals surface area contributed by atoms with E-state index in [1.165, 1.54) is 11.8 Å². The molecule has 126 valence electrons. The monoisotopic (exact) mass is 339 g/mol. The number of hydrogen-bond acceptors (Lipinski definition) is 6. The minimum absolute atomic E-state index is 0.142. The standard InChI is InChI=1S/C16H21NO5S/c1-3-21-15(19)10-13(16(20)22-4-2)17-14(18)11-23-12-8-6-5-7-9-12/h5-9,13H,3-4,10-11H2,1-2H3,(H,17,18). The van der Waals surface area contributed by atoms with Gasteiger partial charge in [-0.2, -0.15) is 0 Å². The quantitative estimate of drug-likeness (QED) is 0.545. The van der Waals surface area contributed by atoms with Gasteiger partial charge < -0.3 is 14.8 Å². The fourth-order valence-corrected chi connectivity index (χ4v) is 2.45. The molecule has 0 bridgehead atoms. The Bertz CT molecular complexity index is 520. The van der Waals surface area contributed by atoms with Crippen molar-refractivity contribution in [3.05, 3.63) is 30.3 Å². The summed E-state index contributed by atoms with van der Waals surface area (Å²) in [5.74, 6) is -1.40. The highest BCUT2D eigenvalue weighted by Gasteiger charge is 2.25. The normalized spacial score (nSPS) is 11.4. The number of hydrogen-bond donors (Lipinski definition) is 1. The molecule has 6 nitrogen and oxygen atoms in total. The lowest BCUT2D eigenvalue weighted by atomic mass is 10.2. The highest BCUT2D eigenvalue weighted by molar-refractivity contribution is 8.00. The number of benzene rings is 1. The first-order valence-corrected chi connectivity index (χ1v) is 8.34. The van der Waals surface area contributed by atoms with Gasteiger partial charge in [0.15, 0.2) is 0 Å². The Labute approximate surface area is 139 Å². The number of amides is 1. The molecular formula is C16H21NO5S. The van der Waals surface area contributed by atoms with E-state index in [1.54, 1.807) is 13.8 Å². The van der Waals surface area contributed by atoms with Crippen molar-refractivity contribution in [1.29, 1.82) is 0 Å². The highest BCUT2D eigenvalue weighted by Crippen LogP contribution is 2.16. The molecule has 1 rings (SSSR count). The molecule has 0 aliphatic heterocycles. The predicted octanol–water partition coefficient (Wildman–Crippen LogP) is 1.78. The van der Waals surface area contributed by atoms with Crippen molar-refractivity contribution in [2.75, 3.05) is 19.0 Å². The predicted molar refractivity (Wildman–Crippen MR) is 87.0 cm³/mol. The molecule has 1 unspecified atom stereocenters. The van der Waals surface area contributed by atoms with Gasteiger partial charge in [0.2, 0.25) is 5.91 Å². The number of carbonyl (C=O) groups excluding carboxylic acids is 3. The van der Waals surface area contributed by atoms with Crippen LogP contribution in [0, 0.1) is 0 Å². The molecule has 0 fully saturated rings. The van der Waals surface area contributed by atoms with Gasteiger partial charge in [0.25, 0.3) is 0 Å². The lowest BCUT2D eigenvalue weighted by Gasteiger charge is -2.16. The first-order chi connectivity index (χ1) is 11.1. The first kappa shape index (κ1) is 19.0. The molecule has 0 aliphatic carbocycles. The molecule has 1 aromatic carbocycles. The van der Waals surface area contributed by atoms with E-state index in [2.05, 4.69) is 5.32 Å². The fourth-order valence-electron chi connectivity index (χ4n) is 1.72. The molecule has 7 heteroatoms. The molecular weight excluding hydrogens is 318 g/mol. The summed E-state index contributed by atoms with van der Waals surface area (Å²) in [5.41, 5.74) is 0. The van der Waals surface area contributed by atoms with Gasteiger partial charge in [0, 0.05) is 4.90 Å². The van der Waals surface area contributed by atoms with Crippen molar-refractivity contribution in [2.24, 2.45) is 0 Å². The lowest BCUT2D eigenvalue weighted by molar-refractivity contribution is -0.153. The van der Waals surface area contributed by atoms with Gasteiger partial charge in [-0.05, 0) is 26.0 Å². The maximum atomic E-state index is 12.0. The van der Waals surface area contributed by atoms with Gasteiger partial charge in [-0.15, -0.1) is 11.8 Å². The number of ether oxygens (including phenoxy) is 2. The average Bonchev–Trinajstić information content (AvgIpc) is 2.54. The number of nitrogens with one attached hydrogen (secondary N) is 1. The summed E-state index contributed by atoms with van der Waals surface area (Å²) in [6.07, 6.45) is -0.242. The van der Waals surface area contributed by atoms with E-state index in [9.17, 15) is 14.4 Å². The molecule has 0 heterocycles. The van der Waals surface area contributed by atoms with Gasteiger partial charge in [-0.1, -0.05) is 18.2 Å². The lowest BCUT2D eigenvalue weighted by Crippen LogP contribution is -2.44. The largest absolute Gasteiger partial charge is 0.466 e. The van der Waals surface area contributed by atoms with Crippen molar-refractivity contribution >= 4 is 29.6 Å². The molecule has 0 aliphatic rings. The van der Waals surface area contributed by atoms with E-state index in [-0.39, 0.29) is 31.3 Å². The van der Waals surface area contributed by atoms with Crippen molar-refractivity contribution in [3.63, 3.8) is 0 Å². The molecule has 1 aromatic rings. The van der Waals surface area contributed by atoms with Crippen molar-refractivity contribution in [3.8, 4) is 0 Å². The van der Waals surface area contributed by atoms with Crippen LogP contribution in [0.2, 0.25) is 0 Å². The molecule has 0 saturated heterocycles. The van der Waals surface area contributed by atoms with Crippen LogP contribution >= 0.6 is 11.8 Å². The van der Waals surface area contributed by atoms with Gasteiger partial charge in [0.1, 0.15) is 6.04 Å². The minimum atomic E-state index is -1.03. The van der Waals surface area contributed by atoms with Crippen LogP contribution in [0.5, 0.6) is 0 Å². The second-order valence-electron chi connectivity index (χ2n) is 4.48. The van der Waals surface area contributed by atoms with Gasteiger partial charge in [-0.25, -0.2) is 4.79 Å². The molecule has 1 atom stereocenters. The summed E-state index contributed by atoms with van der Waals surface area (Å²) in [4.78, 5) is 36.3. The summed E-state index contributed by atoms with van der Waals surface area (Å²) in [6, 6.07) is 8.39. The highest BCUT2D eigenvalue weighted by atomic mass is 32.2. The third-order valence-electron chi connectivity index (χ3n) is 2.70. The van der Waals surface area contributed by atoms with Crippen LogP contribution in [0.15, 0.2) is 35.2 Å². The van der Waals surface area contributed by atoms with Crippen LogP contribution in [0.3, 0.4) is 0 Å². The second kappa shape index (κ2) is 10.7. The van der Waals surface area contributed by atoms with Gasteiger partial charge in [-0.3, -0.25) is 9.59 Å². The Morgan fingerprint density at radius 3 is 2.35 bits per heavy atom. The van der Waals surface area contributed by atoms with Crippen LogP contribution in [0.25, 0.3) is 0 Å². The summed E-state index contributed by atoms with van der Waals surface area (Å²) in [6.45, 7) is 3.72. The molecule has 0 aromatic heterocycles. The number of rotatable bonds is 9. The van der Waals surface area contributed by atoms with Crippen LogP contribution in [0.4, 0.5) is 0 Å². The van der Waals surface area contributed by atoms with Crippen molar-refractivity contribution in [2.45, 2.75) is 31.2 Å². The van der Waals surface area contributed by atoms with Crippen LogP contribution in [-0.4, -0.2) is 42.9 Å². The van der Waals surface area contributed by atoms with E-state index < -0.39 is 18.0 Å². The van der Waals surface area contributed by atoms with E-state index in [0.717, 1.165) is 4.90 Å². The number of esters is 2. The zero-order valence-corrected chi connectivity index (χ0v) is 14.1. The van der Waals surface area contributed by atoms with E-state index in [4.69, 9.17) is 9.47 Å². The Hall–Kier alpha value is -2.02. The molecule has 1 N–H and O–H groups in total. The Kier molecular flexibility index (Phi) is 8.82. The fraction of sp³-hybridized carbons (Fsp3) is 0.438. The molecule has 1 amide bonds. The summed E-state index contributed by atoms with van der Waals surface area (Å²) < 4.78 is 9.69. The minimum Gasteiger partial charge on any atom is -0.466 e. The molecule has 0 saturated carbocycles.